The lowest BCUT2D eigenvalue weighted by Gasteiger charge is -2.34. The van der Waals surface area contributed by atoms with E-state index in [1.54, 1.807) is 0 Å². The van der Waals surface area contributed by atoms with Crippen LogP contribution in [0.25, 0.3) is 11.4 Å². The molecule has 160 valence electrons. The number of hydrogen-bond acceptors (Lipinski definition) is 7. The number of benzene rings is 2. The van der Waals surface area contributed by atoms with Gasteiger partial charge in [-0.05, 0) is 29.8 Å². The van der Waals surface area contributed by atoms with Crippen LogP contribution >= 0.6 is 0 Å². The lowest BCUT2D eigenvalue weighted by atomic mass is 10.1. The molecule has 0 spiro atoms. The average Bonchev–Trinajstić information content (AvgIpc) is 3.48. The summed E-state index contributed by atoms with van der Waals surface area (Å²) >= 11 is 0. The van der Waals surface area contributed by atoms with E-state index >= 15 is 0 Å². The fraction of sp³-hybridized carbons (Fsp3) is 0.348. The molecule has 2 aliphatic rings. The minimum Gasteiger partial charge on any atom is -0.454 e. The van der Waals surface area contributed by atoms with E-state index in [1.807, 2.05) is 48.2 Å². The van der Waals surface area contributed by atoms with Gasteiger partial charge in [-0.15, -0.1) is 0 Å². The van der Waals surface area contributed by atoms with Crippen LogP contribution in [0.3, 0.4) is 0 Å². The molecular formula is C23H24N4O4. The molecule has 1 amide bonds. The Hall–Kier alpha value is -3.39. The number of piperazine rings is 1. The number of aromatic nitrogens is 2. The smallest absolute Gasteiger partial charge is 0.253 e. The van der Waals surface area contributed by atoms with Crippen molar-refractivity contribution in [2.24, 2.45) is 0 Å². The van der Waals surface area contributed by atoms with Crippen LogP contribution in [0, 0.1) is 0 Å². The van der Waals surface area contributed by atoms with Crippen LogP contribution in [0.1, 0.15) is 28.7 Å². The van der Waals surface area contributed by atoms with Crippen LogP contribution in [0.5, 0.6) is 11.5 Å². The highest BCUT2D eigenvalue weighted by molar-refractivity contribution is 5.94. The highest BCUT2D eigenvalue weighted by Crippen LogP contribution is 2.32. The first-order chi connectivity index (χ1) is 15.2. The Labute approximate surface area is 180 Å². The Morgan fingerprint density at radius 2 is 1.77 bits per heavy atom. The third-order valence-corrected chi connectivity index (χ3v) is 5.66. The van der Waals surface area contributed by atoms with Gasteiger partial charge in [0.2, 0.25) is 18.5 Å². The second kappa shape index (κ2) is 8.39. The van der Waals surface area contributed by atoms with Crippen LogP contribution in [0.2, 0.25) is 0 Å². The normalized spacial score (nSPS) is 16.0. The average molecular weight is 420 g/mol. The zero-order valence-corrected chi connectivity index (χ0v) is 17.4. The van der Waals surface area contributed by atoms with Gasteiger partial charge in [-0.3, -0.25) is 9.69 Å². The molecule has 1 saturated heterocycles. The minimum atomic E-state index is 0.0524. The van der Waals surface area contributed by atoms with Crippen LogP contribution in [0.4, 0.5) is 0 Å². The number of carbonyl (C=O) groups is 1. The topological polar surface area (TPSA) is 80.9 Å². The predicted molar refractivity (Wildman–Crippen MR) is 113 cm³/mol. The summed E-state index contributed by atoms with van der Waals surface area (Å²) in [7, 11) is 0. The van der Waals surface area contributed by atoms with Gasteiger partial charge in [0.05, 0.1) is 0 Å². The monoisotopic (exact) mass is 420 g/mol. The number of carbonyl (C=O) groups excluding carboxylic acids is 1. The van der Waals surface area contributed by atoms with E-state index in [2.05, 4.69) is 21.1 Å². The molecule has 0 radical (unpaired) electrons. The van der Waals surface area contributed by atoms with Crippen LogP contribution in [0.15, 0.2) is 47.0 Å². The van der Waals surface area contributed by atoms with Gasteiger partial charge in [-0.25, -0.2) is 0 Å². The molecule has 3 aromatic rings. The van der Waals surface area contributed by atoms with Crippen molar-refractivity contribution >= 4 is 5.91 Å². The number of aryl methyl sites for hydroxylation is 1. The highest BCUT2D eigenvalue weighted by atomic mass is 16.7. The fourth-order valence-electron chi connectivity index (χ4n) is 3.87. The van der Waals surface area contributed by atoms with E-state index in [1.165, 1.54) is 5.56 Å². The Morgan fingerprint density at radius 3 is 2.52 bits per heavy atom. The van der Waals surface area contributed by atoms with Gasteiger partial charge in [-0.1, -0.05) is 30.3 Å². The first-order valence-electron chi connectivity index (χ1n) is 10.5. The molecule has 2 aliphatic heterocycles. The molecule has 8 heteroatoms. The molecule has 2 aromatic carbocycles. The largest absolute Gasteiger partial charge is 0.454 e. The molecule has 0 aliphatic carbocycles. The van der Waals surface area contributed by atoms with E-state index in [4.69, 9.17) is 14.0 Å². The van der Waals surface area contributed by atoms with Crippen molar-refractivity contribution in [3.63, 3.8) is 0 Å². The van der Waals surface area contributed by atoms with E-state index in [0.717, 1.165) is 36.7 Å². The zero-order valence-electron chi connectivity index (χ0n) is 17.4. The van der Waals surface area contributed by atoms with Gasteiger partial charge in [0.15, 0.2) is 11.5 Å². The molecule has 3 heterocycles. The van der Waals surface area contributed by atoms with Crippen molar-refractivity contribution in [1.82, 2.24) is 19.9 Å². The number of nitrogens with zero attached hydrogens (tertiary/aromatic N) is 4. The van der Waals surface area contributed by atoms with Crippen LogP contribution in [-0.2, 0) is 13.0 Å². The van der Waals surface area contributed by atoms with Crippen molar-refractivity contribution < 1.29 is 18.8 Å². The number of fused-ring (bicyclic) bond motifs is 1. The van der Waals surface area contributed by atoms with Crippen molar-refractivity contribution in [3.05, 3.63) is 59.5 Å². The summed E-state index contributed by atoms with van der Waals surface area (Å²) in [6.07, 6.45) is 0.699. The Kier molecular flexibility index (Phi) is 5.30. The molecule has 0 atom stereocenters. The third kappa shape index (κ3) is 4.11. The van der Waals surface area contributed by atoms with Crippen molar-refractivity contribution in [2.75, 3.05) is 33.0 Å². The van der Waals surface area contributed by atoms with Crippen molar-refractivity contribution in [2.45, 2.75) is 19.9 Å². The Balaban J connectivity index is 1.17. The molecule has 31 heavy (non-hydrogen) atoms. The lowest BCUT2D eigenvalue weighted by Crippen LogP contribution is -2.48. The Morgan fingerprint density at radius 1 is 1.00 bits per heavy atom. The molecule has 8 nitrogen and oxygen atoms in total. The molecular weight excluding hydrogens is 396 g/mol. The summed E-state index contributed by atoms with van der Waals surface area (Å²) in [6.45, 7) is 6.16. The van der Waals surface area contributed by atoms with Gasteiger partial charge in [0, 0.05) is 50.3 Å². The van der Waals surface area contributed by atoms with E-state index in [-0.39, 0.29) is 12.7 Å². The third-order valence-electron chi connectivity index (χ3n) is 5.66. The molecule has 1 aromatic heterocycles. The van der Waals surface area contributed by atoms with Gasteiger partial charge in [-0.2, -0.15) is 4.98 Å². The standard InChI is InChI=1S/C23H24N4O4/c1-2-21-24-22(25-31-21)17-4-6-18(7-5-17)23(28)27-11-9-26(10-12-27)14-16-3-8-19-20(13-16)30-15-29-19/h3-8,13H,2,9-12,14-15H2,1H3. The van der Waals surface area contributed by atoms with Crippen LogP contribution < -0.4 is 9.47 Å². The van der Waals surface area contributed by atoms with Gasteiger partial charge in [0.25, 0.3) is 5.91 Å². The summed E-state index contributed by atoms with van der Waals surface area (Å²) in [6, 6.07) is 13.5. The summed E-state index contributed by atoms with van der Waals surface area (Å²) < 4.78 is 16.0. The fourth-order valence-corrected chi connectivity index (χ4v) is 3.87. The molecule has 1 fully saturated rings. The predicted octanol–water partition coefficient (Wildman–Crippen LogP) is 2.99. The van der Waals surface area contributed by atoms with Crippen molar-refractivity contribution in [1.29, 1.82) is 0 Å². The van der Waals surface area contributed by atoms with Gasteiger partial charge >= 0.3 is 0 Å². The summed E-state index contributed by atoms with van der Waals surface area (Å²) in [5.74, 6) is 2.82. The SMILES string of the molecule is CCc1nc(-c2ccc(C(=O)N3CCN(Cc4ccc5c(c4)OCO5)CC3)cc2)no1. The Bertz CT molecular complexity index is 1070. The molecule has 0 unspecified atom stereocenters. The van der Waals surface area contributed by atoms with Crippen molar-refractivity contribution in [3.8, 4) is 22.9 Å². The summed E-state index contributed by atoms with van der Waals surface area (Å²) in [5, 5.41) is 3.98. The first kappa shape index (κ1) is 19.6. The molecule has 0 N–H and O–H groups in total. The number of ether oxygens (including phenoxy) is 2. The first-order valence-corrected chi connectivity index (χ1v) is 10.5. The zero-order chi connectivity index (χ0) is 21.2. The quantitative estimate of drug-likeness (QED) is 0.628. The molecule has 0 bridgehead atoms. The van der Waals surface area contributed by atoms with Gasteiger partial charge in [0.1, 0.15) is 0 Å². The summed E-state index contributed by atoms with van der Waals surface area (Å²) in [5.41, 5.74) is 2.70. The number of amides is 1. The minimum absolute atomic E-state index is 0.0524. The molecule has 0 saturated carbocycles. The highest BCUT2D eigenvalue weighted by Gasteiger charge is 2.23. The van der Waals surface area contributed by atoms with Crippen LogP contribution in [-0.4, -0.2) is 58.8 Å². The van der Waals surface area contributed by atoms with E-state index in [9.17, 15) is 4.79 Å². The maximum absolute atomic E-state index is 12.9. The van der Waals surface area contributed by atoms with Gasteiger partial charge < -0.3 is 18.9 Å². The lowest BCUT2D eigenvalue weighted by molar-refractivity contribution is 0.0628. The van der Waals surface area contributed by atoms with E-state index in [0.29, 0.717) is 36.8 Å². The number of rotatable bonds is 5. The number of hydrogen-bond donors (Lipinski definition) is 0. The molecule has 5 rings (SSSR count). The maximum Gasteiger partial charge on any atom is 0.253 e. The second-order valence-electron chi connectivity index (χ2n) is 7.70. The van der Waals surface area contributed by atoms with E-state index < -0.39 is 0 Å². The summed E-state index contributed by atoms with van der Waals surface area (Å²) in [4.78, 5) is 21.5. The maximum atomic E-state index is 12.9. The second-order valence-corrected chi connectivity index (χ2v) is 7.70.